The molecule has 1 aliphatic heterocycles. The predicted molar refractivity (Wildman–Crippen MR) is 59.0 cm³/mol. The molecule has 2 nitrogen and oxygen atoms in total. The number of carbonyl (C=O) groups excluding carboxylic acids is 1. The maximum atomic E-state index is 12.1. The quantitative estimate of drug-likeness (QED) is 0.666. The summed E-state index contributed by atoms with van der Waals surface area (Å²) in [6.45, 7) is 10.6. The molecule has 0 radical (unpaired) electrons. The van der Waals surface area contributed by atoms with Crippen LogP contribution >= 0.6 is 0 Å². The van der Waals surface area contributed by atoms with Crippen molar-refractivity contribution in [3.05, 3.63) is 0 Å². The number of hydrogen-bond acceptors (Lipinski definition) is 1. The molecule has 1 rings (SSSR count). The highest BCUT2D eigenvalue weighted by atomic mass is 16.2. The van der Waals surface area contributed by atoms with Gasteiger partial charge < -0.3 is 4.90 Å². The van der Waals surface area contributed by atoms with E-state index in [9.17, 15) is 4.79 Å². The summed E-state index contributed by atoms with van der Waals surface area (Å²) in [5.41, 5.74) is 0. The third kappa shape index (κ3) is 2.10. The summed E-state index contributed by atoms with van der Waals surface area (Å²) in [6, 6.07) is 0.886. The van der Waals surface area contributed by atoms with Gasteiger partial charge in [0, 0.05) is 18.0 Å². The Kier molecular flexibility index (Phi) is 3.57. The number of rotatable bonds is 2. The van der Waals surface area contributed by atoms with Gasteiger partial charge in [0.25, 0.3) is 0 Å². The minimum atomic E-state index is 0.165. The van der Waals surface area contributed by atoms with Crippen LogP contribution in [0, 0.1) is 11.8 Å². The summed E-state index contributed by atoms with van der Waals surface area (Å²) in [5, 5.41) is 0. The van der Waals surface area contributed by atoms with Gasteiger partial charge in [0.15, 0.2) is 0 Å². The zero-order valence-electron chi connectivity index (χ0n) is 10.1. The Hall–Kier alpha value is -0.530. The maximum Gasteiger partial charge on any atom is 0.226 e. The van der Waals surface area contributed by atoms with Crippen molar-refractivity contribution in [1.29, 1.82) is 0 Å². The summed E-state index contributed by atoms with van der Waals surface area (Å²) in [4.78, 5) is 14.2. The molecule has 0 aromatic rings. The van der Waals surface area contributed by atoms with Crippen LogP contribution in [0.3, 0.4) is 0 Å². The molecule has 0 aliphatic carbocycles. The number of hydrogen-bond donors (Lipinski definition) is 0. The Bertz CT molecular complexity index is 202. The van der Waals surface area contributed by atoms with E-state index in [1.165, 1.54) is 0 Å². The largest absolute Gasteiger partial charge is 0.337 e. The fourth-order valence-corrected chi connectivity index (χ4v) is 2.15. The lowest BCUT2D eigenvalue weighted by Gasteiger charge is -2.30. The van der Waals surface area contributed by atoms with Crippen LogP contribution in [0.2, 0.25) is 0 Å². The van der Waals surface area contributed by atoms with E-state index in [2.05, 4.69) is 32.6 Å². The van der Waals surface area contributed by atoms with Gasteiger partial charge in [0.05, 0.1) is 0 Å². The smallest absolute Gasteiger partial charge is 0.226 e. The van der Waals surface area contributed by atoms with E-state index in [1.54, 1.807) is 0 Å². The second kappa shape index (κ2) is 4.33. The lowest BCUT2D eigenvalue weighted by atomic mass is 9.96. The first-order valence-corrected chi connectivity index (χ1v) is 5.77. The molecule has 1 heterocycles. The van der Waals surface area contributed by atoms with E-state index >= 15 is 0 Å². The lowest BCUT2D eigenvalue weighted by molar-refractivity contribution is -0.138. The molecule has 0 saturated carbocycles. The van der Waals surface area contributed by atoms with E-state index in [1.807, 2.05) is 6.92 Å². The lowest BCUT2D eigenvalue weighted by Crippen LogP contribution is -2.42. The molecule has 0 aromatic carbocycles. The van der Waals surface area contributed by atoms with Crippen molar-refractivity contribution in [3.8, 4) is 0 Å². The third-order valence-corrected chi connectivity index (χ3v) is 3.60. The summed E-state index contributed by atoms with van der Waals surface area (Å²) < 4.78 is 0. The minimum Gasteiger partial charge on any atom is -0.337 e. The van der Waals surface area contributed by atoms with Crippen LogP contribution in [0.1, 0.15) is 47.5 Å². The molecule has 1 aliphatic rings. The molecule has 2 heteroatoms. The first kappa shape index (κ1) is 11.5. The second-order valence-corrected chi connectivity index (χ2v) is 5.05. The van der Waals surface area contributed by atoms with Crippen LogP contribution in [-0.2, 0) is 4.79 Å². The van der Waals surface area contributed by atoms with E-state index in [0.29, 0.717) is 23.9 Å². The molecule has 1 unspecified atom stereocenters. The number of likely N-dealkylation sites (tertiary alicyclic amines) is 1. The maximum absolute atomic E-state index is 12.1. The van der Waals surface area contributed by atoms with E-state index in [4.69, 9.17) is 0 Å². The SMILES string of the molecule is CC(C)[C@H](C)C(=O)N1C(C)CC[C@H]1C. The van der Waals surface area contributed by atoms with Crippen LogP contribution in [0.5, 0.6) is 0 Å². The number of nitrogens with zero attached hydrogens (tertiary/aromatic N) is 1. The zero-order chi connectivity index (χ0) is 10.9. The average Bonchev–Trinajstić information content (AvgIpc) is 2.44. The van der Waals surface area contributed by atoms with Gasteiger partial charge in [-0.2, -0.15) is 0 Å². The molecule has 14 heavy (non-hydrogen) atoms. The Morgan fingerprint density at radius 1 is 1.14 bits per heavy atom. The monoisotopic (exact) mass is 197 g/mol. The van der Waals surface area contributed by atoms with Gasteiger partial charge in [0.2, 0.25) is 5.91 Å². The fourth-order valence-electron chi connectivity index (χ4n) is 2.15. The van der Waals surface area contributed by atoms with Crippen molar-refractivity contribution < 1.29 is 4.79 Å². The molecular weight excluding hydrogens is 174 g/mol. The average molecular weight is 197 g/mol. The van der Waals surface area contributed by atoms with Crippen molar-refractivity contribution in [1.82, 2.24) is 4.90 Å². The summed E-state index contributed by atoms with van der Waals surface area (Å²) in [7, 11) is 0. The zero-order valence-corrected chi connectivity index (χ0v) is 10.1. The highest BCUT2D eigenvalue weighted by Gasteiger charge is 2.34. The Morgan fingerprint density at radius 3 is 1.93 bits per heavy atom. The van der Waals surface area contributed by atoms with Crippen LogP contribution < -0.4 is 0 Å². The first-order valence-electron chi connectivity index (χ1n) is 5.77. The Morgan fingerprint density at radius 2 is 1.57 bits per heavy atom. The van der Waals surface area contributed by atoms with E-state index in [0.717, 1.165) is 12.8 Å². The molecule has 1 fully saturated rings. The van der Waals surface area contributed by atoms with Crippen LogP contribution in [0.4, 0.5) is 0 Å². The number of amides is 1. The van der Waals surface area contributed by atoms with Crippen LogP contribution in [0.25, 0.3) is 0 Å². The standard InChI is InChI=1S/C12H23NO/c1-8(2)11(5)12(14)13-9(3)6-7-10(13)4/h8-11H,6-7H2,1-5H3/t9-,10?,11+/m1/s1. The van der Waals surface area contributed by atoms with Crippen molar-refractivity contribution in [2.45, 2.75) is 59.5 Å². The van der Waals surface area contributed by atoms with Gasteiger partial charge in [0.1, 0.15) is 0 Å². The fraction of sp³-hybridized carbons (Fsp3) is 0.917. The molecule has 1 amide bonds. The molecule has 1 saturated heterocycles. The van der Waals surface area contributed by atoms with E-state index < -0.39 is 0 Å². The van der Waals surface area contributed by atoms with Gasteiger partial charge in [-0.25, -0.2) is 0 Å². The summed E-state index contributed by atoms with van der Waals surface area (Å²) >= 11 is 0. The summed E-state index contributed by atoms with van der Waals surface area (Å²) in [5.74, 6) is 0.956. The Labute approximate surface area is 87.7 Å². The van der Waals surface area contributed by atoms with Gasteiger partial charge in [-0.15, -0.1) is 0 Å². The minimum absolute atomic E-state index is 0.165. The van der Waals surface area contributed by atoms with Gasteiger partial charge in [-0.05, 0) is 32.6 Å². The highest BCUT2D eigenvalue weighted by Crippen LogP contribution is 2.27. The molecule has 82 valence electrons. The van der Waals surface area contributed by atoms with Gasteiger partial charge >= 0.3 is 0 Å². The van der Waals surface area contributed by atoms with Crippen LogP contribution in [0.15, 0.2) is 0 Å². The first-order chi connectivity index (χ1) is 6.45. The normalized spacial score (nSPS) is 29.7. The third-order valence-electron chi connectivity index (χ3n) is 3.60. The molecule has 0 aromatic heterocycles. The summed E-state index contributed by atoms with van der Waals surface area (Å²) in [6.07, 6.45) is 2.33. The van der Waals surface area contributed by atoms with Crippen molar-refractivity contribution in [3.63, 3.8) is 0 Å². The van der Waals surface area contributed by atoms with Crippen molar-refractivity contribution in [2.75, 3.05) is 0 Å². The van der Waals surface area contributed by atoms with Crippen molar-refractivity contribution >= 4 is 5.91 Å². The van der Waals surface area contributed by atoms with Gasteiger partial charge in [-0.3, -0.25) is 4.79 Å². The molecule has 3 atom stereocenters. The van der Waals surface area contributed by atoms with Crippen LogP contribution in [-0.4, -0.2) is 22.9 Å². The molecule has 0 bridgehead atoms. The number of carbonyl (C=O) groups is 1. The van der Waals surface area contributed by atoms with Gasteiger partial charge in [-0.1, -0.05) is 20.8 Å². The second-order valence-electron chi connectivity index (χ2n) is 5.05. The van der Waals surface area contributed by atoms with E-state index in [-0.39, 0.29) is 5.92 Å². The molecular formula is C12H23NO. The highest BCUT2D eigenvalue weighted by molar-refractivity contribution is 5.79. The molecule has 0 N–H and O–H groups in total. The van der Waals surface area contributed by atoms with Crippen molar-refractivity contribution in [2.24, 2.45) is 11.8 Å². The predicted octanol–water partition coefficient (Wildman–Crippen LogP) is 2.68. The molecule has 0 spiro atoms. The topological polar surface area (TPSA) is 20.3 Å². The Balaban J connectivity index is 2.68.